The number of hydrogen-bond donors (Lipinski definition) is 4. The van der Waals surface area contributed by atoms with E-state index in [4.69, 9.17) is 10.8 Å². The van der Waals surface area contributed by atoms with Gasteiger partial charge >= 0.3 is 0 Å². The molecule has 0 rings (SSSR count). The third kappa shape index (κ3) is 6.14. The number of hydrazone groups is 1. The van der Waals surface area contributed by atoms with Crippen LogP contribution in [0.5, 0.6) is 0 Å². The van der Waals surface area contributed by atoms with Crippen molar-refractivity contribution < 1.29 is 9.90 Å². The molecule has 0 aliphatic rings. The quantitative estimate of drug-likeness (QED) is 0.248. The van der Waals surface area contributed by atoms with Crippen LogP contribution >= 0.6 is 12.6 Å². The van der Waals surface area contributed by atoms with Gasteiger partial charge in [0.1, 0.15) is 0 Å². The fourth-order valence-electron chi connectivity index (χ4n) is 0.507. The number of amides is 1. The van der Waals surface area contributed by atoms with Crippen molar-refractivity contribution in [3.63, 3.8) is 0 Å². The molecule has 0 aromatic rings. The Labute approximate surface area is 76.4 Å². The summed E-state index contributed by atoms with van der Waals surface area (Å²) >= 11 is 3.92. The van der Waals surface area contributed by atoms with Gasteiger partial charge in [-0.05, 0) is 0 Å². The summed E-state index contributed by atoms with van der Waals surface area (Å²) in [6.45, 7) is -0.196. The number of aliphatic hydroxyl groups excluding tert-OH is 1. The van der Waals surface area contributed by atoms with Gasteiger partial charge in [-0.3, -0.25) is 4.79 Å². The Bertz CT molecular complexity index is 163. The monoisotopic (exact) mass is 191 g/mol. The fraction of sp³-hybridized carbons (Fsp3) is 0.667. The van der Waals surface area contributed by atoms with E-state index in [0.717, 1.165) is 0 Å². The van der Waals surface area contributed by atoms with Crippen molar-refractivity contribution in [3.05, 3.63) is 0 Å². The van der Waals surface area contributed by atoms with E-state index < -0.39 is 0 Å². The van der Waals surface area contributed by atoms with E-state index in [0.29, 0.717) is 5.75 Å². The predicted octanol–water partition coefficient (Wildman–Crippen LogP) is -1.27. The van der Waals surface area contributed by atoms with Crippen molar-refractivity contribution >= 4 is 24.8 Å². The van der Waals surface area contributed by atoms with Crippen LogP contribution in [0.25, 0.3) is 0 Å². The molecule has 0 saturated heterocycles. The van der Waals surface area contributed by atoms with Gasteiger partial charge in [0.2, 0.25) is 5.91 Å². The van der Waals surface area contributed by atoms with Crippen LogP contribution in [0.2, 0.25) is 0 Å². The van der Waals surface area contributed by atoms with E-state index in [9.17, 15) is 4.79 Å². The summed E-state index contributed by atoms with van der Waals surface area (Å²) in [6.07, 6.45) is 1.37. The molecular weight excluding hydrogens is 178 g/mol. The zero-order valence-corrected chi connectivity index (χ0v) is 7.50. The average molecular weight is 191 g/mol. The third-order valence-electron chi connectivity index (χ3n) is 1.04. The van der Waals surface area contributed by atoms with Crippen LogP contribution in [0, 0.1) is 0 Å². The molecule has 0 aromatic carbocycles. The highest BCUT2D eigenvalue weighted by atomic mass is 32.1. The molecule has 5 nitrogen and oxygen atoms in total. The van der Waals surface area contributed by atoms with Crippen molar-refractivity contribution in [2.45, 2.75) is 12.5 Å². The minimum absolute atomic E-state index is 0.187. The van der Waals surface area contributed by atoms with Crippen molar-refractivity contribution in [2.75, 3.05) is 12.4 Å². The van der Waals surface area contributed by atoms with Gasteiger partial charge in [-0.25, -0.2) is 5.43 Å². The Balaban J connectivity index is 3.52. The number of nitrogens with two attached hydrogens (primary N) is 1. The molecule has 12 heavy (non-hydrogen) atoms. The predicted molar refractivity (Wildman–Crippen MR) is 50.2 cm³/mol. The molecule has 0 bridgehead atoms. The van der Waals surface area contributed by atoms with Crippen molar-refractivity contribution in [3.8, 4) is 0 Å². The lowest BCUT2D eigenvalue weighted by atomic mass is 10.2. The number of thiol groups is 1. The number of nitrogens with one attached hydrogen (secondary N) is 1. The number of rotatable bonds is 5. The standard InChI is InChI=1S/C6H13N3O2S/c7-5(4-12)3-6(11)9-8-1-2-10/h1,5,10,12H,2-4,7H2,(H,9,11)/b8-1-. The topological polar surface area (TPSA) is 87.7 Å². The zero-order chi connectivity index (χ0) is 9.40. The lowest BCUT2D eigenvalue weighted by Gasteiger charge is -2.05. The molecule has 0 aliphatic carbocycles. The summed E-state index contributed by atoms with van der Waals surface area (Å²) in [6, 6.07) is -0.252. The molecule has 1 unspecified atom stereocenters. The van der Waals surface area contributed by atoms with Crippen LogP contribution < -0.4 is 11.2 Å². The van der Waals surface area contributed by atoms with E-state index >= 15 is 0 Å². The summed E-state index contributed by atoms with van der Waals surface area (Å²) < 4.78 is 0. The van der Waals surface area contributed by atoms with Gasteiger partial charge in [-0.2, -0.15) is 17.7 Å². The summed E-state index contributed by atoms with van der Waals surface area (Å²) in [5, 5.41) is 11.7. The van der Waals surface area contributed by atoms with Crippen LogP contribution in [-0.4, -0.2) is 35.6 Å². The first kappa shape index (κ1) is 11.4. The number of nitrogens with zero attached hydrogens (tertiary/aromatic N) is 1. The normalized spacial score (nSPS) is 13.2. The Morgan fingerprint density at radius 1 is 1.83 bits per heavy atom. The number of aliphatic hydroxyl groups is 1. The van der Waals surface area contributed by atoms with Gasteiger partial charge in [0.15, 0.2) is 0 Å². The molecule has 0 fully saturated rings. The smallest absolute Gasteiger partial charge is 0.241 e. The first-order valence-electron chi connectivity index (χ1n) is 3.48. The highest BCUT2D eigenvalue weighted by molar-refractivity contribution is 7.80. The van der Waals surface area contributed by atoms with Crippen LogP contribution in [-0.2, 0) is 4.79 Å². The van der Waals surface area contributed by atoms with Crippen LogP contribution in [0.15, 0.2) is 5.10 Å². The first-order chi connectivity index (χ1) is 5.70. The summed E-state index contributed by atoms with van der Waals surface area (Å²) in [5.41, 5.74) is 7.64. The number of hydrogen-bond acceptors (Lipinski definition) is 5. The van der Waals surface area contributed by atoms with Crippen LogP contribution in [0.3, 0.4) is 0 Å². The summed E-state index contributed by atoms with van der Waals surface area (Å²) in [7, 11) is 0. The maximum atomic E-state index is 10.9. The highest BCUT2D eigenvalue weighted by Gasteiger charge is 2.05. The van der Waals surface area contributed by atoms with Gasteiger partial charge in [0.05, 0.1) is 12.8 Å². The lowest BCUT2D eigenvalue weighted by Crippen LogP contribution is -2.30. The van der Waals surface area contributed by atoms with E-state index in [2.05, 4.69) is 23.2 Å². The Kier molecular flexibility index (Phi) is 6.73. The van der Waals surface area contributed by atoms with Gasteiger partial charge in [-0.1, -0.05) is 0 Å². The van der Waals surface area contributed by atoms with Gasteiger partial charge < -0.3 is 10.8 Å². The Morgan fingerprint density at radius 2 is 2.50 bits per heavy atom. The second-order valence-corrected chi connectivity index (χ2v) is 2.54. The Morgan fingerprint density at radius 3 is 3.00 bits per heavy atom. The van der Waals surface area contributed by atoms with Gasteiger partial charge in [0.25, 0.3) is 0 Å². The van der Waals surface area contributed by atoms with E-state index in [1.54, 1.807) is 0 Å². The molecule has 0 aromatic heterocycles. The lowest BCUT2D eigenvalue weighted by molar-refractivity contribution is -0.121. The molecule has 0 saturated carbocycles. The minimum atomic E-state index is -0.277. The van der Waals surface area contributed by atoms with Gasteiger partial charge in [-0.15, -0.1) is 0 Å². The molecule has 6 heteroatoms. The molecular formula is C6H13N3O2S. The van der Waals surface area contributed by atoms with Crippen molar-refractivity contribution in [1.82, 2.24) is 5.43 Å². The average Bonchev–Trinajstić information content (AvgIpc) is 2.05. The van der Waals surface area contributed by atoms with E-state index in [1.165, 1.54) is 6.21 Å². The third-order valence-corrected chi connectivity index (χ3v) is 1.51. The fourth-order valence-corrected chi connectivity index (χ4v) is 0.636. The summed E-state index contributed by atoms with van der Waals surface area (Å²) in [5.74, 6) is 0.179. The number of carbonyl (C=O) groups excluding carboxylic acids is 1. The highest BCUT2D eigenvalue weighted by Crippen LogP contribution is 1.89. The second kappa shape index (κ2) is 7.08. The molecule has 4 N–H and O–H groups in total. The molecule has 0 heterocycles. The van der Waals surface area contributed by atoms with E-state index in [1.807, 2.05) is 0 Å². The van der Waals surface area contributed by atoms with Gasteiger partial charge in [0, 0.05) is 18.2 Å². The maximum Gasteiger partial charge on any atom is 0.241 e. The number of carbonyl (C=O) groups is 1. The van der Waals surface area contributed by atoms with Crippen LogP contribution in [0.4, 0.5) is 0 Å². The second-order valence-electron chi connectivity index (χ2n) is 2.18. The zero-order valence-electron chi connectivity index (χ0n) is 6.60. The van der Waals surface area contributed by atoms with Crippen molar-refractivity contribution in [1.29, 1.82) is 0 Å². The SMILES string of the molecule is NC(CS)CC(=O)N/N=C\CO. The minimum Gasteiger partial charge on any atom is -0.391 e. The Hall–Kier alpha value is -0.590. The van der Waals surface area contributed by atoms with E-state index in [-0.39, 0.29) is 25.0 Å². The molecule has 0 spiro atoms. The molecule has 1 amide bonds. The first-order valence-corrected chi connectivity index (χ1v) is 4.11. The molecule has 1 atom stereocenters. The molecule has 0 aliphatic heterocycles. The largest absolute Gasteiger partial charge is 0.391 e. The molecule has 0 radical (unpaired) electrons. The molecule has 70 valence electrons. The maximum absolute atomic E-state index is 10.9. The van der Waals surface area contributed by atoms with Crippen LogP contribution in [0.1, 0.15) is 6.42 Å². The van der Waals surface area contributed by atoms with Crippen molar-refractivity contribution in [2.24, 2.45) is 10.8 Å². The summed E-state index contributed by atoms with van der Waals surface area (Å²) in [4.78, 5) is 10.9.